The first kappa shape index (κ1) is 19.0. The minimum Gasteiger partial charge on any atom is -0.283 e. The van der Waals surface area contributed by atoms with Crippen LogP contribution in [0, 0.1) is 0 Å². The summed E-state index contributed by atoms with van der Waals surface area (Å²) >= 11 is 5.97. The maximum Gasteiger partial charge on any atom is 0.416 e. The molecule has 2 aromatic carbocycles. The molecule has 4 aromatic rings. The summed E-state index contributed by atoms with van der Waals surface area (Å²) in [6, 6.07) is 9.34. The fourth-order valence-corrected chi connectivity index (χ4v) is 2.88. The number of rotatable bonds is 2. The lowest BCUT2D eigenvalue weighted by Gasteiger charge is -2.06. The van der Waals surface area contributed by atoms with Crippen LogP contribution in [0.2, 0.25) is 5.02 Å². The molecule has 0 bridgehead atoms. The number of benzene rings is 2. The molecule has 2 heterocycles. The summed E-state index contributed by atoms with van der Waals surface area (Å²) in [6.07, 6.45) is -3.16. The first-order valence-electron chi connectivity index (χ1n) is 8.28. The summed E-state index contributed by atoms with van der Waals surface area (Å²) in [5.41, 5.74) is 0.421. The van der Waals surface area contributed by atoms with Gasteiger partial charge >= 0.3 is 6.18 Å². The minimum atomic E-state index is -4.42. The Labute approximate surface area is 166 Å². The zero-order valence-corrected chi connectivity index (χ0v) is 15.5. The zero-order chi connectivity index (χ0) is 20.8. The molecule has 0 aliphatic rings. The molecule has 0 unspecified atom stereocenters. The van der Waals surface area contributed by atoms with E-state index in [9.17, 15) is 18.0 Å². The van der Waals surface area contributed by atoms with Gasteiger partial charge in [0.2, 0.25) is 5.82 Å². The van der Waals surface area contributed by atoms with Gasteiger partial charge in [-0.25, -0.2) is 19.6 Å². The SMILES string of the molecule is Cn1nc(N=Cc2ccc(C(F)(F)F)cc2)c(=O)c2nc3cc(Cl)ccc3nc21. The van der Waals surface area contributed by atoms with Crippen molar-refractivity contribution >= 4 is 45.8 Å². The van der Waals surface area contributed by atoms with Crippen LogP contribution in [0.3, 0.4) is 0 Å². The number of fused-ring (bicyclic) bond motifs is 2. The van der Waals surface area contributed by atoms with Gasteiger partial charge in [-0.05, 0) is 35.9 Å². The van der Waals surface area contributed by atoms with Gasteiger partial charge < -0.3 is 0 Å². The van der Waals surface area contributed by atoms with Crippen LogP contribution in [0.15, 0.2) is 52.3 Å². The van der Waals surface area contributed by atoms with Crippen LogP contribution in [0.5, 0.6) is 0 Å². The van der Waals surface area contributed by atoms with Crippen molar-refractivity contribution in [3.05, 3.63) is 68.8 Å². The molecule has 10 heteroatoms. The number of aromatic nitrogens is 4. The number of hydrogen-bond donors (Lipinski definition) is 0. The second kappa shape index (κ2) is 6.93. The van der Waals surface area contributed by atoms with Gasteiger partial charge in [0.1, 0.15) is 0 Å². The Morgan fingerprint density at radius 3 is 2.48 bits per heavy atom. The summed E-state index contributed by atoms with van der Waals surface area (Å²) in [7, 11) is 1.59. The molecule has 0 atom stereocenters. The molecule has 0 saturated heterocycles. The predicted molar refractivity (Wildman–Crippen MR) is 104 cm³/mol. The van der Waals surface area contributed by atoms with Gasteiger partial charge in [0.15, 0.2) is 11.2 Å². The van der Waals surface area contributed by atoms with Gasteiger partial charge in [0.25, 0.3) is 5.43 Å². The highest BCUT2D eigenvalue weighted by atomic mass is 35.5. The van der Waals surface area contributed by atoms with Crippen molar-refractivity contribution in [3.63, 3.8) is 0 Å². The lowest BCUT2D eigenvalue weighted by Crippen LogP contribution is -2.14. The third-order valence-corrected chi connectivity index (χ3v) is 4.39. The molecule has 2 aromatic heterocycles. The average molecular weight is 418 g/mol. The Balaban J connectivity index is 1.77. The van der Waals surface area contributed by atoms with Crippen LogP contribution in [0.25, 0.3) is 22.2 Å². The molecule has 0 spiro atoms. The Bertz CT molecular complexity index is 1330. The number of nitrogens with zero attached hydrogens (tertiary/aromatic N) is 5. The molecule has 0 aliphatic heterocycles. The molecule has 0 radical (unpaired) electrons. The minimum absolute atomic E-state index is 0.0665. The number of aliphatic imine (C=N–C) groups is 1. The standard InChI is InChI=1S/C19H11ClF3N5O/c1-28-18-15(25-14-8-12(20)6-7-13(14)26-18)16(29)17(27-28)24-9-10-2-4-11(5-3-10)19(21,22)23/h2-9H,1H3. The van der Waals surface area contributed by atoms with E-state index in [1.165, 1.54) is 23.0 Å². The number of halogens is 4. The van der Waals surface area contributed by atoms with Crippen LogP contribution in [-0.4, -0.2) is 26.0 Å². The normalized spacial score (nSPS) is 12.3. The first-order chi connectivity index (χ1) is 13.7. The Kier molecular flexibility index (Phi) is 4.54. The van der Waals surface area contributed by atoms with Crippen molar-refractivity contribution in [1.82, 2.24) is 19.7 Å². The fourth-order valence-electron chi connectivity index (χ4n) is 2.72. The zero-order valence-electron chi connectivity index (χ0n) is 14.8. The molecular formula is C19H11ClF3N5O. The van der Waals surface area contributed by atoms with Crippen molar-refractivity contribution in [2.45, 2.75) is 6.18 Å². The number of alkyl halides is 3. The van der Waals surface area contributed by atoms with E-state index in [2.05, 4.69) is 20.1 Å². The van der Waals surface area contributed by atoms with Crippen molar-refractivity contribution in [2.75, 3.05) is 0 Å². The molecule has 0 amide bonds. The van der Waals surface area contributed by atoms with E-state index in [4.69, 9.17) is 11.6 Å². The maximum atomic E-state index is 12.7. The van der Waals surface area contributed by atoms with Gasteiger partial charge in [-0.15, -0.1) is 5.10 Å². The number of aryl methyl sites for hydroxylation is 1. The second-order valence-corrected chi connectivity index (χ2v) is 6.62. The van der Waals surface area contributed by atoms with Crippen molar-refractivity contribution in [1.29, 1.82) is 0 Å². The number of hydrogen-bond acceptors (Lipinski definition) is 5. The summed E-state index contributed by atoms with van der Waals surface area (Å²) in [5.74, 6) is -0.157. The van der Waals surface area contributed by atoms with Crippen molar-refractivity contribution < 1.29 is 13.2 Å². The molecule has 29 heavy (non-hydrogen) atoms. The van der Waals surface area contributed by atoms with Crippen LogP contribution in [0.1, 0.15) is 11.1 Å². The van der Waals surface area contributed by atoms with Gasteiger partial charge in [-0.3, -0.25) is 4.79 Å². The van der Waals surface area contributed by atoms with E-state index in [1.54, 1.807) is 25.2 Å². The van der Waals surface area contributed by atoms with Crippen LogP contribution < -0.4 is 5.43 Å². The fraction of sp³-hybridized carbons (Fsp3) is 0.105. The Hall–Kier alpha value is -3.33. The van der Waals surface area contributed by atoms with Crippen LogP contribution in [-0.2, 0) is 13.2 Å². The van der Waals surface area contributed by atoms with Gasteiger partial charge in [0.05, 0.1) is 16.6 Å². The van der Waals surface area contributed by atoms with Crippen molar-refractivity contribution in [2.24, 2.45) is 12.0 Å². The summed E-state index contributed by atoms with van der Waals surface area (Å²) in [6.45, 7) is 0. The van der Waals surface area contributed by atoms with E-state index in [0.717, 1.165) is 12.1 Å². The largest absolute Gasteiger partial charge is 0.416 e. The smallest absolute Gasteiger partial charge is 0.283 e. The van der Waals surface area contributed by atoms with E-state index in [0.29, 0.717) is 21.6 Å². The summed E-state index contributed by atoms with van der Waals surface area (Å²) in [5, 5.41) is 4.55. The third-order valence-electron chi connectivity index (χ3n) is 4.15. The predicted octanol–water partition coefficient (Wildman–Crippen LogP) is 4.30. The monoisotopic (exact) mass is 417 g/mol. The average Bonchev–Trinajstić information content (AvgIpc) is 2.68. The van der Waals surface area contributed by atoms with Gasteiger partial charge in [-0.1, -0.05) is 23.7 Å². The first-order valence-corrected chi connectivity index (χ1v) is 8.66. The molecule has 0 saturated carbocycles. The van der Waals surface area contributed by atoms with E-state index in [1.807, 2.05) is 0 Å². The van der Waals surface area contributed by atoms with Gasteiger partial charge in [0, 0.05) is 18.3 Å². The van der Waals surface area contributed by atoms with E-state index in [-0.39, 0.29) is 17.0 Å². The van der Waals surface area contributed by atoms with Crippen LogP contribution in [0.4, 0.5) is 19.0 Å². The molecule has 0 aliphatic carbocycles. The quantitative estimate of drug-likeness (QED) is 0.360. The highest BCUT2D eigenvalue weighted by Gasteiger charge is 2.29. The Morgan fingerprint density at radius 1 is 1.07 bits per heavy atom. The molecule has 146 valence electrons. The highest BCUT2D eigenvalue weighted by molar-refractivity contribution is 6.31. The molecule has 0 N–H and O–H groups in total. The highest BCUT2D eigenvalue weighted by Crippen LogP contribution is 2.29. The van der Waals surface area contributed by atoms with E-state index < -0.39 is 17.2 Å². The van der Waals surface area contributed by atoms with Crippen molar-refractivity contribution in [3.8, 4) is 0 Å². The Morgan fingerprint density at radius 2 is 1.79 bits per heavy atom. The lowest BCUT2D eigenvalue weighted by atomic mass is 10.1. The molecule has 0 fully saturated rings. The van der Waals surface area contributed by atoms with Crippen LogP contribution >= 0.6 is 11.6 Å². The molecular weight excluding hydrogens is 407 g/mol. The topological polar surface area (TPSA) is 73.0 Å². The second-order valence-electron chi connectivity index (χ2n) is 6.18. The third kappa shape index (κ3) is 3.68. The maximum absolute atomic E-state index is 12.7. The summed E-state index contributed by atoms with van der Waals surface area (Å²) in [4.78, 5) is 25.5. The molecule has 4 rings (SSSR count). The lowest BCUT2D eigenvalue weighted by molar-refractivity contribution is -0.137. The van der Waals surface area contributed by atoms with E-state index >= 15 is 0 Å². The molecule has 6 nitrogen and oxygen atoms in total. The summed E-state index contributed by atoms with van der Waals surface area (Å²) < 4.78 is 39.3. The van der Waals surface area contributed by atoms with Gasteiger partial charge in [-0.2, -0.15) is 13.2 Å².